The molecule has 0 aromatic carbocycles. The Kier molecular flexibility index (Phi) is 2.16. The van der Waals surface area contributed by atoms with Gasteiger partial charge in [-0.15, -0.1) is 0 Å². The van der Waals surface area contributed by atoms with Crippen LogP contribution in [0.25, 0.3) is 0 Å². The zero-order valence-corrected chi connectivity index (χ0v) is 9.79. The van der Waals surface area contributed by atoms with E-state index in [0.717, 1.165) is 12.8 Å². The Balaban J connectivity index is 2.30. The predicted octanol–water partition coefficient (Wildman–Crippen LogP) is 1.86. The maximum Gasteiger partial charge on any atom is 0.320 e. The summed E-state index contributed by atoms with van der Waals surface area (Å²) in [5.41, 5.74) is 6.19. The first-order chi connectivity index (χ1) is 6.80. The lowest BCUT2D eigenvalue weighted by molar-refractivity contribution is -0.141. The van der Waals surface area contributed by atoms with Crippen molar-refractivity contribution in [1.29, 1.82) is 0 Å². The van der Waals surface area contributed by atoms with Gasteiger partial charge in [-0.1, -0.05) is 20.8 Å². The van der Waals surface area contributed by atoms with Crippen molar-refractivity contribution in [3.05, 3.63) is 0 Å². The molecule has 15 heavy (non-hydrogen) atoms. The van der Waals surface area contributed by atoms with E-state index in [1.165, 1.54) is 6.42 Å². The van der Waals surface area contributed by atoms with Gasteiger partial charge in [0.15, 0.2) is 0 Å². The lowest BCUT2D eigenvalue weighted by Gasteiger charge is -2.40. The summed E-state index contributed by atoms with van der Waals surface area (Å²) in [7, 11) is 0. The van der Waals surface area contributed by atoms with Crippen molar-refractivity contribution in [2.75, 3.05) is 0 Å². The van der Waals surface area contributed by atoms with E-state index in [1.54, 1.807) is 0 Å². The molecule has 0 aromatic heterocycles. The largest absolute Gasteiger partial charge is 0.480 e. The number of carboxylic acids is 1. The normalized spacial score (nSPS) is 44.3. The summed E-state index contributed by atoms with van der Waals surface area (Å²) in [6, 6.07) is -0.681. The maximum atomic E-state index is 11.0. The molecule has 0 aliphatic heterocycles. The summed E-state index contributed by atoms with van der Waals surface area (Å²) >= 11 is 0. The number of hydrogen-bond acceptors (Lipinski definition) is 2. The van der Waals surface area contributed by atoms with Crippen LogP contribution >= 0.6 is 0 Å². The maximum absolute atomic E-state index is 11.0. The highest BCUT2D eigenvalue weighted by Crippen LogP contribution is 2.68. The van der Waals surface area contributed by atoms with Crippen LogP contribution in [0.3, 0.4) is 0 Å². The van der Waals surface area contributed by atoms with Crippen molar-refractivity contribution in [1.82, 2.24) is 0 Å². The van der Waals surface area contributed by atoms with Crippen molar-refractivity contribution in [2.45, 2.75) is 46.1 Å². The summed E-state index contributed by atoms with van der Waals surface area (Å²) < 4.78 is 0. The second kappa shape index (κ2) is 2.97. The van der Waals surface area contributed by atoms with Crippen LogP contribution in [0.4, 0.5) is 0 Å². The molecule has 3 heteroatoms. The third-order valence-corrected chi connectivity index (χ3v) is 5.58. The van der Waals surface area contributed by atoms with Crippen LogP contribution in [0.5, 0.6) is 0 Å². The Morgan fingerprint density at radius 2 is 2.07 bits per heavy atom. The highest BCUT2D eigenvalue weighted by molar-refractivity contribution is 5.73. The number of hydrogen-bond donors (Lipinski definition) is 2. The van der Waals surface area contributed by atoms with Crippen molar-refractivity contribution < 1.29 is 9.90 Å². The van der Waals surface area contributed by atoms with E-state index in [-0.39, 0.29) is 16.7 Å². The van der Waals surface area contributed by atoms with Crippen molar-refractivity contribution >= 4 is 5.97 Å². The van der Waals surface area contributed by atoms with Gasteiger partial charge < -0.3 is 10.8 Å². The van der Waals surface area contributed by atoms with Crippen LogP contribution in [-0.4, -0.2) is 17.1 Å². The fourth-order valence-electron chi connectivity index (χ4n) is 3.98. The van der Waals surface area contributed by atoms with Gasteiger partial charge in [-0.05, 0) is 41.9 Å². The van der Waals surface area contributed by atoms with Gasteiger partial charge in [-0.25, -0.2) is 0 Å². The van der Waals surface area contributed by atoms with Crippen LogP contribution in [0.15, 0.2) is 0 Å². The van der Waals surface area contributed by atoms with Crippen molar-refractivity contribution in [3.8, 4) is 0 Å². The number of nitrogens with two attached hydrogens (primary N) is 1. The molecule has 0 unspecified atom stereocenters. The number of carboxylic acid groups (broad SMARTS) is 1. The zero-order valence-electron chi connectivity index (χ0n) is 9.79. The molecule has 2 saturated carbocycles. The number of rotatable bonds is 2. The molecule has 0 radical (unpaired) electrons. The third kappa shape index (κ3) is 1.19. The molecule has 0 saturated heterocycles. The summed E-state index contributed by atoms with van der Waals surface area (Å²) in [6.45, 7) is 6.78. The Labute approximate surface area is 91.0 Å². The van der Waals surface area contributed by atoms with Crippen molar-refractivity contribution in [3.63, 3.8) is 0 Å². The van der Waals surface area contributed by atoms with Gasteiger partial charge >= 0.3 is 5.97 Å². The summed E-state index contributed by atoms with van der Waals surface area (Å²) in [5, 5.41) is 9.03. The molecular weight excluding hydrogens is 190 g/mol. The molecule has 2 fully saturated rings. The molecule has 0 aromatic rings. The van der Waals surface area contributed by atoms with Crippen molar-refractivity contribution in [2.24, 2.45) is 28.4 Å². The Bertz CT molecular complexity index is 300. The first-order valence-corrected chi connectivity index (χ1v) is 5.79. The second-order valence-corrected chi connectivity index (χ2v) is 6.08. The average molecular weight is 211 g/mol. The highest BCUT2D eigenvalue weighted by atomic mass is 16.4. The van der Waals surface area contributed by atoms with Crippen LogP contribution in [-0.2, 0) is 4.79 Å². The van der Waals surface area contributed by atoms with E-state index in [4.69, 9.17) is 10.8 Å². The van der Waals surface area contributed by atoms with E-state index in [1.807, 2.05) is 0 Å². The topological polar surface area (TPSA) is 63.3 Å². The predicted molar refractivity (Wildman–Crippen MR) is 58.3 cm³/mol. The lowest BCUT2D eigenvalue weighted by Crippen LogP contribution is -2.46. The molecule has 2 aliphatic carbocycles. The number of aliphatic carboxylic acids is 1. The van der Waals surface area contributed by atoms with Gasteiger partial charge in [0, 0.05) is 0 Å². The van der Waals surface area contributed by atoms with Gasteiger partial charge in [0.2, 0.25) is 0 Å². The minimum absolute atomic E-state index is 0.121. The first kappa shape index (κ1) is 10.9. The van der Waals surface area contributed by atoms with Crippen LogP contribution in [0, 0.1) is 22.7 Å². The minimum atomic E-state index is -0.843. The molecule has 2 bridgehead atoms. The van der Waals surface area contributed by atoms with E-state index >= 15 is 0 Å². The molecule has 2 rings (SSSR count). The molecule has 4 atom stereocenters. The molecular formula is C12H21NO2. The quantitative estimate of drug-likeness (QED) is 0.732. The molecule has 0 spiro atoms. The average Bonchev–Trinajstić information content (AvgIpc) is 2.47. The lowest BCUT2D eigenvalue weighted by atomic mass is 9.65. The van der Waals surface area contributed by atoms with Gasteiger partial charge in [0.25, 0.3) is 0 Å². The van der Waals surface area contributed by atoms with Gasteiger partial charge in [-0.2, -0.15) is 0 Å². The summed E-state index contributed by atoms with van der Waals surface area (Å²) in [4.78, 5) is 11.0. The SMILES string of the molecule is CC1(C)[C@H]2CC[C@]1(C)[C@@H]([C@@H](N)C(=O)O)C2. The first-order valence-electron chi connectivity index (χ1n) is 5.79. The molecule has 0 amide bonds. The highest BCUT2D eigenvalue weighted by Gasteiger charge is 2.63. The van der Waals surface area contributed by atoms with Gasteiger partial charge in [0.05, 0.1) is 0 Å². The monoisotopic (exact) mass is 211 g/mol. The standard InChI is InChI=1S/C12H21NO2/c1-11(2)7-4-5-12(11,3)8(6-7)9(13)10(14)15/h7-9H,4-6,13H2,1-3H3,(H,14,15)/t7-,8+,9+,12+/m0/s1. The van der Waals surface area contributed by atoms with E-state index in [2.05, 4.69) is 20.8 Å². The molecule has 3 nitrogen and oxygen atoms in total. The zero-order chi connectivity index (χ0) is 11.4. The van der Waals surface area contributed by atoms with Crippen LogP contribution < -0.4 is 5.73 Å². The second-order valence-electron chi connectivity index (χ2n) is 6.08. The summed E-state index contributed by atoms with van der Waals surface area (Å²) in [6.07, 6.45) is 3.37. The number of fused-ring (bicyclic) bond motifs is 2. The third-order valence-electron chi connectivity index (χ3n) is 5.58. The fraction of sp³-hybridized carbons (Fsp3) is 0.917. The Morgan fingerprint density at radius 3 is 2.40 bits per heavy atom. The smallest absolute Gasteiger partial charge is 0.320 e. The molecule has 86 valence electrons. The van der Waals surface area contributed by atoms with E-state index in [9.17, 15) is 4.79 Å². The minimum Gasteiger partial charge on any atom is -0.480 e. The Hall–Kier alpha value is -0.570. The molecule has 2 aliphatic rings. The summed E-state index contributed by atoms with van der Waals surface area (Å²) in [5.74, 6) is -0.0220. The molecule has 3 N–H and O–H groups in total. The fourth-order valence-corrected chi connectivity index (χ4v) is 3.98. The van der Waals surface area contributed by atoms with Gasteiger partial charge in [0.1, 0.15) is 6.04 Å². The van der Waals surface area contributed by atoms with Crippen LogP contribution in [0.1, 0.15) is 40.0 Å². The number of carbonyl (C=O) groups is 1. The van der Waals surface area contributed by atoms with Gasteiger partial charge in [-0.3, -0.25) is 4.79 Å². The Morgan fingerprint density at radius 1 is 1.47 bits per heavy atom. The molecule has 0 heterocycles. The van der Waals surface area contributed by atoms with E-state index < -0.39 is 12.0 Å². The van der Waals surface area contributed by atoms with Crippen LogP contribution in [0.2, 0.25) is 0 Å². The van der Waals surface area contributed by atoms with E-state index in [0.29, 0.717) is 5.92 Å².